The molecule has 2 saturated heterocycles. The number of benzene rings is 3. The van der Waals surface area contributed by atoms with Gasteiger partial charge in [-0.25, -0.2) is 4.98 Å². The molecule has 4 aromatic rings. The van der Waals surface area contributed by atoms with Crippen molar-refractivity contribution in [2.24, 2.45) is 11.3 Å². The lowest BCUT2D eigenvalue weighted by molar-refractivity contribution is -0.0453. The minimum atomic E-state index is -0.412. The number of amides is 1. The molecule has 2 unspecified atom stereocenters. The van der Waals surface area contributed by atoms with Gasteiger partial charge in [0.25, 0.3) is 5.91 Å². The van der Waals surface area contributed by atoms with Crippen LogP contribution in [0.5, 0.6) is 0 Å². The molecular weight excluding hydrogens is 623 g/mol. The first-order valence-corrected chi connectivity index (χ1v) is 16.6. The number of aromatic nitrogens is 2. The van der Waals surface area contributed by atoms with Crippen molar-refractivity contribution < 1.29 is 19.1 Å². The SMILES string of the molecule is O=C(c1nc2ccccc2[nH]1)C1CCN(CCC2(C3=COC(Cc4ccccc4)O3)CCN(C(=O)c3ccc(Cl)cc3Cl)C2)CC1. The third-order valence-electron chi connectivity index (χ3n) is 9.64. The van der Waals surface area contributed by atoms with Gasteiger partial charge in [0.1, 0.15) is 12.0 Å². The summed E-state index contributed by atoms with van der Waals surface area (Å²) >= 11 is 12.5. The van der Waals surface area contributed by atoms with Gasteiger partial charge in [-0.15, -0.1) is 0 Å². The molecule has 2 fully saturated rings. The van der Waals surface area contributed by atoms with Gasteiger partial charge >= 0.3 is 0 Å². The Bertz CT molecular complexity index is 1740. The Morgan fingerprint density at radius 3 is 2.54 bits per heavy atom. The molecule has 0 saturated carbocycles. The molecule has 3 aromatic carbocycles. The van der Waals surface area contributed by atoms with Crippen LogP contribution in [0.1, 0.15) is 52.2 Å². The van der Waals surface area contributed by atoms with Crippen LogP contribution in [0.15, 0.2) is 84.8 Å². The Labute approximate surface area is 278 Å². The number of rotatable bonds is 9. The minimum Gasteiger partial charge on any atom is -0.459 e. The average molecular weight is 660 g/mol. The number of para-hydroxylation sites is 2. The van der Waals surface area contributed by atoms with E-state index >= 15 is 0 Å². The van der Waals surface area contributed by atoms with E-state index in [0.29, 0.717) is 40.9 Å². The summed E-state index contributed by atoms with van der Waals surface area (Å²) in [6.45, 7) is 3.54. The van der Waals surface area contributed by atoms with Crippen molar-refractivity contribution in [3.05, 3.63) is 112 Å². The lowest BCUT2D eigenvalue weighted by Crippen LogP contribution is -2.40. The van der Waals surface area contributed by atoms with E-state index in [4.69, 9.17) is 32.7 Å². The largest absolute Gasteiger partial charge is 0.459 e. The van der Waals surface area contributed by atoms with E-state index < -0.39 is 11.7 Å². The molecule has 2 atom stereocenters. The topological polar surface area (TPSA) is 87.8 Å². The van der Waals surface area contributed by atoms with Crippen LogP contribution in [0.25, 0.3) is 11.0 Å². The molecule has 0 radical (unpaired) electrons. The predicted molar refractivity (Wildman–Crippen MR) is 178 cm³/mol. The van der Waals surface area contributed by atoms with Crippen LogP contribution in [0.3, 0.4) is 0 Å². The zero-order valence-electron chi connectivity index (χ0n) is 25.5. The number of nitrogens with one attached hydrogen (secondary N) is 1. The maximum absolute atomic E-state index is 13.6. The summed E-state index contributed by atoms with van der Waals surface area (Å²) < 4.78 is 12.5. The molecule has 1 aromatic heterocycles. The van der Waals surface area contributed by atoms with Gasteiger partial charge in [0, 0.05) is 30.5 Å². The number of hydrogen-bond acceptors (Lipinski definition) is 6. The van der Waals surface area contributed by atoms with E-state index in [1.165, 1.54) is 0 Å². The van der Waals surface area contributed by atoms with Gasteiger partial charge in [0.05, 0.1) is 27.0 Å². The second-order valence-corrected chi connectivity index (χ2v) is 13.4. The predicted octanol–water partition coefficient (Wildman–Crippen LogP) is 7.14. The van der Waals surface area contributed by atoms with E-state index in [1.54, 1.807) is 24.5 Å². The normalized spacial score (nSPS) is 22.1. The maximum Gasteiger partial charge on any atom is 0.255 e. The maximum atomic E-state index is 13.6. The van der Waals surface area contributed by atoms with Crippen molar-refractivity contribution in [1.29, 1.82) is 0 Å². The van der Waals surface area contributed by atoms with Gasteiger partial charge in [-0.1, -0.05) is 65.7 Å². The van der Waals surface area contributed by atoms with Crippen LogP contribution in [-0.4, -0.2) is 70.5 Å². The number of fused-ring (bicyclic) bond motifs is 1. The number of carbonyl (C=O) groups excluding carboxylic acids is 2. The van der Waals surface area contributed by atoms with Crippen LogP contribution < -0.4 is 0 Å². The van der Waals surface area contributed by atoms with Gasteiger partial charge < -0.3 is 24.3 Å². The Balaban J connectivity index is 1.02. The third-order valence-corrected chi connectivity index (χ3v) is 10.2. The molecule has 46 heavy (non-hydrogen) atoms. The molecule has 3 aliphatic heterocycles. The van der Waals surface area contributed by atoms with Crippen LogP contribution in [0.4, 0.5) is 0 Å². The Morgan fingerprint density at radius 1 is 0.978 bits per heavy atom. The summed E-state index contributed by atoms with van der Waals surface area (Å²) in [6, 6.07) is 22.9. The molecule has 3 aliphatic rings. The highest BCUT2D eigenvalue weighted by Gasteiger charge is 2.47. The Kier molecular flexibility index (Phi) is 8.77. The van der Waals surface area contributed by atoms with Crippen molar-refractivity contribution in [1.82, 2.24) is 19.8 Å². The second-order valence-electron chi connectivity index (χ2n) is 12.6. The van der Waals surface area contributed by atoms with Crippen molar-refractivity contribution in [2.75, 3.05) is 32.7 Å². The van der Waals surface area contributed by atoms with Gasteiger partial charge in [0.15, 0.2) is 5.82 Å². The van der Waals surface area contributed by atoms with Gasteiger partial charge in [-0.2, -0.15) is 0 Å². The number of H-pyrrole nitrogens is 1. The van der Waals surface area contributed by atoms with Crippen LogP contribution in [0, 0.1) is 11.3 Å². The minimum absolute atomic E-state index is 0.0532. The van der Waals surface area contributed by atoms with Crippen LogP contribution in [-0.2, 0) is 15.9 Å². The number of halogens is 2. The summed E-state index contributed by atoms with van der Waals surface area (Å²) in [5.74, 6) is 1.16. The number of nitrogens with zero attached hydrogens (tertiary/aromatic N) is 3. The first-order chi connectivity index (χ1) is 22.4. The quantitative estimate of drug-likeness (QED) is 0.192. The molecule has 7 rings (SSSR count). The molecule has 238 valence electrons. The summed E-state index contributed by atoms with van der Waals surface area (Å²) in [5, 5.41) is 0.837. The van der Waals surface area contributed by atoms with E-state index in [1.807, 2.05) is 47.4 Å². The second kappa shape index (κ2) is 13.1. The fraction of sp³-hybridized carbons (Fsp3) is 0.361. The summed E-state index contributed by atoms with van der Waals surface area (Å²) in [4.78, 5) is 38.9. The number of ketones is 1. The Hall–Kier alpha value is -3.85. The molecule has 0 spiro atoms. The highest BCUT2D eigenvalue weighted by molar-refractivity contribution is 6.36. The molecule has 10 heteroatoms. The molecule has 1 amide bonds. The molecule has 0 aliphatic carbocycles. The van der Waals surface area contributed by atoms with E-state index in [9.17, 15) is 9.59 Å². The smallest absolute Gasteiger partial charge is 0.255 e. The lowest BCUT2D eigenvalue weighted by Gasteiger charge is -2.35. The first kappa shape index (κ1) is 30.8. The number of hydrogen-bond donors (Lipinski definition) is 1. The molecule has 1 N–H and O–H groups in total. The lowest BCUT2D eigenvalue weighted by atomic mass is 9.81. The number of piperidine rings is 1. The number of carbonyl (C=O) groups is 2. The van der Waals surface area contributed by atoms with Crippen molar-refractivity contribution in [2.45, 2.75) is 38.4 Å². The number of imidazole rings is 1. The number of ether oxygens (including phenoxy) is 2. The number of likely N-dealkylation sites (tertiary alicyclic amines) is 2. The van der Waals surface area contributed by atoms with Crippen molar-refractivity contribution in [3.8, 4) is 0 Å². The van der Waals surface area contributed by atoms with E-state index in [0.717, 1.165) is 67.7 Å². The van der Waals surface area contributed by atoms with Gasteiger partial charge in [-0.3, -0.25) is 9.59 Å². The van der Waals surface area contributed by atoms with E-state index in [2.05, 4.69) is 27.0 Å². The third kappa shape index (κ3) is 6.39. The molecular formula is C36H36Cl2N4O4. The standard InChI is InChI=1S/C36H36Cl2N4O4/c37-26-10-11-27(28(38)21-26)35(44)42-19-15-36(23-42,31-22-45-32(46-31)20-24-6-2-1-3-7-24)14-18-41-16-12-25(13-17-41)33(43)34-39-29-8-4-5-9-30(29)40-34/h1-11,21-22,25,32H,12-20,23H2,(H,39,40). The fourth-order valence-corrected chi connectivity index (χ4v) is 7.43. The summed E-state index contributed by atoms with van der Waals surface area (Å²) in [5.41, 5.74) is 2.87. The molecule has 4 heterocycles. The van der Waals surface area contributed by atoms with Crippen LogP contribution in [0.2, 0.25) is 10.0 Å². The van der Waals surface area contributed by atoms with Gasteiger partial charge in [-0.05, 0) is 81.2 Å². The molecule has 8 nitrogen and oxygen atoms in total. The highest BCUT2D eigenvalue weighted by Crippen LogP contribution is 2.45. The summed E-state index contributed by atoms with van der Waals surface area (Å²) in [6.07, 6.45) is 5.08. The summed E-state index contributed by atoms with van der Waals surface area (Å²) in [7, 11) is 0. The first-order valence-electron chi connectivity index (χ1n) is 15.9. The molecule has 0 bridgehead atoms. The number of aromatic amines is 1. The van der Waals surface area contributed by atoms with Crippen molar-refractivity contribution >= 4 is 45.9 Å². The van der Waals surface area contributed by atoms with Crippen LogP contribution >= 0.6 is 23.2 Å². The van der Waals surface area contributed by atoms with Crippen molar-refractivity contribution in [3.63, 3.8) is 0 Å². The highest BCUT2D eigenvalue weighted by atomic mass is 35.5. The van der Waals surface area contributed by atoms with Gasteiger partial charge in [0.2, 0.25) is 12.1 Å². The zero-order valence-corrected chi connectivity index (χ0v) is 27.0. The average Bonchev–Trinajstić information content (AvgIpc) is 3.83. The zero-order chi connectivity index (χ0) is 31.7. The fourth-order valence-electron chi connectivity index (χ4n) is 6.94. The number of Topliss-reactive ketones (excluding diaryl/α,β-unsaturated/α-hetero) is 1. The monoisotopic (exact) mass is 658 g/mol. The Morgan fingerprint density at radius 2 is 1.76 bits per heavy atom. The van der Waals surface area contributed by atoms with E-state index in [-0.39, 0.29) is 17.6 Å².